The molecule has 1 aliphatic carbocycles. The first-order valence-corrected chi connectivity index (χ1v) is 5.59. The molecule has 0 atom stereocenters. The summed E-state index contributed by atoms with van der Waals surface area (Å²) in [5.41, 5.74) is -0.0532. The number of aliphatic carboxylic acids is 1. The summed E-state index contributed by atoms with van der Waals surface area (Å²) in [4.78, 5) is 15.3. The number of carboxylic acid groups (broad SMARTS) is 1. The van der Waals surface area contributed by atoms with Gasteiger partial charge >= 0.3 is 5.97 Å². The van der Waals surface area contributed by atoms with E-state index in [2.05, 4.69) is 20.5 Å². The summed E-state index contributed by atoms with van der Waals surface area (Å²) in [6, 6.07) is 0. The Bertz CT molecular complexity index is 597. The largest absolute Gasteiger partial charge is 0.481 e. The SMILES string of the molecule is Cn1cnc(-c2nnnn2CC2(C(=O)O)CC2)c1. The van der Waals surface area contributed by atoms with Gasteiger partial charge in [-0.2, -0.15) is 0 Å². The lowest BCUT2D eigenvalue weighted by Gasteiger charge is -2.09. The first kappa shape index (κ1) is 10.9. The predicted molar refractivity (Wildman–Crippen MR) is 59.3 cm³/mol. The van der Waals surface area contributed by atoms with E-state index in [0.29, 0.717) is 30.9 Å². The third-order valence-electron chi connectivity index (χ3n) is 3.23. The van der Waals surface area contributed by atoms with E-state index in [4.69, 9.17) is 5.11 Å². The van der Waals surface area contributed by atoms with Gasteiger partial charge < -0.3 is 9.67 Å². The number of hydrogen-bond donors (Lipinski definition) is 1. The van der Waals surface area contributed by atoms with Gasteiger partial charge in [0.15, 0.2) is 0 Å². The van der Waals surface area contributed by atoms with Gasteiger partial charge in [0.05, 0.1) is 18.3 Å². The molecule has 0 aliphatic heterocycles. The average molecular weight is 248 g/mol. The van der Waals surface area contributed by atoms with Crippen molar-refractivity contribution in [2.45, 2.75) is 19.4 Å². The molecule has 3 rings (SSSR count). The molecule has 0 aromatic carbocycles. The molecule has 2 aromatic heterocycles. The summed E-state index contributed by atoms with van der Waals surface area (Å²) in [6.45, 7) is 0.293. The second-order valence-electron chi connectivity index (χ2n) is 4.67. The molecular formula is C10H12N6O2. The zero-order valence-electron chi connectivity index (χ0n) is 9.81. The maximum Gasteiger partial charge on any atom is 0.311 e. The normalized spacial score (nSPS) is 16.7. The van der Waals surface area contributed by atoms with Crippen LogP contribution in [-0.4, -0.2) is 40.8 Å². The molecule has 94 valence electrons. The zero-order valence-corrected chi connectivity index (χ0v) is 9.81. The van der Waals surface area contributed by atoms with E-state index in [1.54, 1.807) is 17.1 Å². The molecule has 1 N–H and O–H groups in total. The Kier molecular flexibility index (Phi) is 2.19. The van der Waals surface area contributed by atoms with Crippen LogP contribution in [0, 0.1) is 5.41 Å². The molecule has 0 unspecified atom stereocenters. The summed E-state index contributed by atoms with van der Waals surface area (Å²) in [7, 11) is 1.85. The zero-order chi connectivity index (χ0) is 12.8. The standard InChI is InChI=1S/C10H12N6O2/c1-15-4-7(11-6-15)8-12-13-14-16(8)5-10(2-3-10)9(17)18/h4,6H,2-3,5H2,1H3,(H,17,18). The highest BCUT2D eigenvalue weighted by Crippen LogP contribution is 2.47. The molecule has 0 amide bonds. The Balaban J connectivity index is 1.91. The molecule has 0 spiro atoms. The van der Waals surface area contributed by atoms with Gasteiger partial charge in [0, 0.05) is 13.2 Å². The fourth-order valence-corrected chi connectivity index (χ4v) is 1.90. The quantitative estimate of drug-likeness (QED) is 0.813. The minimum Gasteiger partial charge on any atom is -0.481 e. The number of rotatable bonds is 4. The number of imidazole rings is 1. The number of hydrogen-bond acceptors (Lipinski definition) is 5. The van der Waals surface area contributed by atoms with E-state index >= 15 is 0 Å². The maximum atomic E-state index is 11.2. The van der Waals surface area contributed by atoms with Crippen molar-refractivity contribution in [1.82, 2.24) is 29.8 Å². The van der Waals surface area contributed by atoms with Crippen LogP contribution in [0.4, 0.5) is 0 Å². The molecule has 0 radical (unpaired) electrons. The summed E-state index contributed by atoms with van der Waals surface area (Å²) in [6.07, 6.45) is 4.79. The Morgan fingerprint density at radius 2 is 2.33 bits per heavy atom. The smallest absolute Gasteiger partial charge is 0.311 e. The summed E-state index contributed by atoms with van der Waals surface area (Å²) in [5, 5.41) is 20.5. The highest BCUT2D eigenvalue weighted by Gasteiger charge is 2.51. The van der Waals surface area contributed by atoms with E-state index < -0.39 is 11.4 Å². The summed E-state index contributed by atoms with van der Waals surface area (Å²) in [5.74, 6) is -0.284. The Morgan fingerprint density at radius 3 is 2.89 bits per heavy atom. The highest BCUT2D eigenvalue weighted by molar-refractivity contribution is 5.77. The molecule has 1 aliphatic rings. The van der Waals surface area contributed by atoms with Crippen molar-refractivity contribution in [3.05, 3.63) is 12.5 Å². The Labute approximate surface area is 102 Å². The highest BCUT2D eigenvalue weighted by atomic mass is 16.4. The van der Waals surface area contributed by atoms with Crippen molar-refractivity contribution in [1.29, 1.82) is 0 Å². The minimum atomic E-state index is -0.787. The van der Waals surface area contributed by atoms with E-state index in [0.717, 1.165) is 0 Å². The third kappa shape index (κ3) is 1.66. The molecular weight excluding hydrogens is 236 g/mol. The average Bonchev–Trinajstić information content (AvgIpc) is 2.76. The third-order valence-corrected chi connectivity index (χ3v) is 3.23. The van der Waals surface area contributed by atoms with E-state index in [9.17, 15) is 4.79 Å². The monoisotopic (exact) mass is 248 g/mol. The van der Waals surface area contributed by atoms with E-state index in [-0.39, 0.29) is 0 Å². The number of nitrogens with zero attached hydrogens (tertiary/aromatic N) is 6. The Morgan fingerprint density at radius 1 is 1.56 bits per heavy atom. The number of tetrazole rings is 1. The molecule has 0 saturated heterocycles. The van der Waals surface area contributed by atoms with Gasteiger partial charge in [0.25, 0.3) is 0 Å². The Hall–Kier alpha value is -2.25. The van der Waals surface area contributed by atoms with Gasteiger partial charge in [-0.25, -0.2) is 9.67 Å². The van der Waals surface area contributed by atoms with Crippen LogP contribution in [0.15, 0.2) is 12.5 Å². The van der Waals surface area contributed by atoms with Crippen LogP contribution in [0.5, 0.6) is 0 Å². The summed E-state index contributed by atoms with van der Waals surface area (Å²) >= 11 is 0. The van der Waals surface area contributed by atoms with Crippen LogP contribution in [0.1, 0.15) is 12.8 Å². The van der Waals surface area contributed by atoms with E-state index in [1.807, 2.05) is 7.05 Å². The van der Waals surface area contributed by atoms with E-state index in [1.165, 1.54) is 4.68 Å². The molecule has 0 bridgehead atoms. The van der Waals surface area contributed by atoms with Crippen LogP contribution < -0.4 is 0 Å². The van der Waals surface area contributed by atoms with Gasteiger partial charge in [-0.1, -0.05) is 0 Å². The van der Waals surface area contributed by atoms with Crippen molar-refractivity contribution < 1.29 is 9.90 Å². The lowest BCUT2D eigenvalue weighted by Crippen LogP contribution is -2.22. The maximum absolute atomic E-state index is 11.2. The lowest BCUT2D eigenvalue weighted by atomic mass is 10.1. The number of aryl methyl sites for hydroxylation is 1. The second-order valence-corrected chi connectivity index (χ2v) is 4.67. The van der Waals surface area contributed by atoms with Crippen LogP contribution in [0.2, 0.25) is 0 Å². The number of aromatic nitrogens is 6. The van der Waals surface area contributed by atoms with Crippen molar-refractivity contribution >= 4 is 5.97 Å². The second kappa shape index (κ2) is 3.62. The van der Waals surface area contributed by atoms with Gasteiger partial charge in [-0.15, -0.1) is 5.10 Å². The number of carbonyl (C=O) groups is 1. The van der Waals surface area contributed by atoms with Gasteiger partial charge in [0.2, 0.25) is 5.82 Å². The lowest BCUT2D eigenvalue weighted by molar-refractivity contribution is -0.144. The van der Waals surface area contributed by atoms with Gasteiger partial charge in [0.1, 0.15) is 5.69 Å². The van der Waals surface area contributed by atoms with Crippen molar-refractivity contribution in [3.63, 3.8) is 0 Å². The van der Waals surface area contributed by atoms with Crippen molar-refractivity contribution in [2.24, 2.45) is 12.5 Å². The molecule has 2 heterocycles. The topological polar surface area (TPSA) is 98.7 Å². The molecule has 8 nitrogen and oxygen atoms in total. The molecule has 1 saturated carbocycles. The first-order valence-electron chi connectivity index (χ1n) is 5.59. The van der Waals surface area contributed by atoms with Crippen LogP contribution >= 0.6 is 0 Å². The molecule has 8 heteroatoms. The first-order chi connectivity index (χ1) is 8.61. The molecule has 1 fully saturated rings. The predicted octanol–water partition coefficient (Wildman–Crippen LogP) is -0.0616. The van der Waals surface area contributed by atoms with Crippen LogP contribution in [-0.2, 0) is 18.4 Å². The fraction of sp³-hybridized carbons (Fsp3) is 0.500. The van der Waals surface area contributed by atoms with Crippen molar-refractivity contribution in [2.75, 3.05) is 0 Å². The van der Waals surface area contributed by atoms with Crippen molar-refractivity contribution in [3.8, 4) is 11.5 Å². The van der Waals surface area contributed by atoms with Gasteiger partial charge in [-0.05, 0) is 23.3 Å². The van der Waals surface area contributed by atoms with Crippen LogP contribution in [0.3, 0.4) is 0 Å². The van der Waals surface area contributed by atoms with Crippen LogP contribution in [0.25, 0.3) is 11.5 Å². The minimum absolute atomic E-state index is 0.293. The van der Waals surface area contributed by atoms with Gasteiger partial charge in [-0.3, -0.25) is 4.79 Å². The molecule has 2 aromatic rings. The summed E-state index contributed by atoms with van der Waals surface area (Å²) < 4.78 is 3.31. The fourth-order valence-electron chi connectivity index (χ4n) is 1.90. The number of carboxylic acids is 1. The molecule has 18 heavy (non-hydrogen) atoms.